The third kappa shape index (κ3) is 4.95. The molecule has 0 unspecified atom stereocenters. The molecule has 1 saturated heterocycles. The van der Waals surface area contributed by atoms with E-state index in [0.717, 1.165) is 35.9 Å². The summed E-state index contributed by atoms with van der Waals surface area (Å²) in [5, 5.41) is 3.70. The summed E-state index contributed by atoms with van der Waals surface area (Å²) in [4.78, 5) is 23.5. The van der Waals surface area contributed by atoms with Crippen molar-refractivity contribution in [2.24, 2.45) is 0 Å². The van der Waals surface area contributed by atoms with Gasteiger partial charge in [-0.25, -0.2) is 9.97 Å². The lowest BCUT2D eigenvalue weighted by Crippen LogP contribution is -2.30. The highest BCUT2D eigenvalue weighted by molar-refractivity contribution is 7.99. The largest absolute Gasteiger partial charge is 0.370 e. The van der Waals surface area contributed by atoms with Gasteiger partial charge in [0.25, 0.3) is 0 Å². The maximum absolute atomic E-state index is 12.4. The Kier molecular flexibility index (Phi) is 5.91. The Balaban J connectivity index is 1.63. The molecule has 132 valence electrons. The van der Waals surface area contributed by atoms with Crippen molar-refractivity contribution in [2.75, 3.05) is 29.1 Å². The molecule has 0 radical (unpaired) electrons. The molecule has 1 fully saturated rings. The Morgan fingerprint density at radius 2 is 1.80 bits per heavy atom. The second-order valence-electron chi connectivity index (χ2n) is 6.33. The molecule has 1 aromatic heterocycles. The zero-order valence-electron chi connectivity index (χ0n) is 14.8. The van der Waals surface area contributed by atoms with E-state index < -0.39 is 0 Å². The first-order valence-electron chi connectivity index (χ1n) is 8.71. The van der Waals surface area contributed by atoms with Crippen LogP contribution in [0.5, 0.6) is 0 Å². The van der Waals surface area contributed by atoms with Crippen molar-refractivity contribution in [2.45, 2.75) is 38.3 Å². The third-order valence-electron chi connectivity index (χ3n) is 4.17. The topological polar surface area (TPSA) is 58.1 Å². The number of piperidine rings is 1. The van der Waals surface area contributed by atoms with Gasteiger partial charge in [-0.1, -0.05) is 23.9 Å². The lowest BCUT2D eigenvalue weighted by Gasteiger charge is -2.30. The molecule has 5 nitrogen and oxygen atoms in total. The first-order valence-corrected chi connectivity index (χ1v) is 9.69. The van der Waals surface area contributed by atoms with Gasteiger partial charge >= 0.3 is 0 Å². The fraction of sp³-hybridized carbons (Fsp3) is 0.421. The van der Waals surface area contributed by atoms with Crippen molar-refractivity contribution in [3.05, 3.63) is 41.7 Å². The van der Waals surface area contributed by atoms with Crippen molar-refractivity contribution in [3.63, 3.8) is 0 Å². The zero-order valence-corrected chi connectivity index (χ0v) is 15.6. The predicted molar refractivity (Wildman–Crippen MR) is 103 cm³/mol. The number of nitrogens with zero attached hydrogens (tertiary/aromatic N) is 3. The highest BCUT2D eigenvalue weighted by atomic mass is 32.2. The molecule has 0 spiro atoms. The molecular formula is C19H24N4OS. The SMILES string of the molecule is Cc1cc(C)nc(SCC(=O)Nc2ccccc2N2CCCCC2)n1. The summed E-state index contributed by atoms with van der Waals surface area (Å²) >= 11 is 1.37. The number of hydrogen-bond donors (Lipinski definition) is 1. The van der Waals surface area contributed by atoms with Crippen LogP contribution < -0.4 is 10.2 Å². The standard InChI is InChI=1S/C19H24N4OS/c1-14-12-15(2)21-19(20-14)25-13-18(24)22-16-8-4-5-9-17(16)23-10-6-3-7-11-23/h4-5,8-9,12H,3,6-7,10-11,13H2,1-2H3,(H,22,24). The predicted octanol–water partition coefficient (Wildman–Crippen LogP) is 3.81. The number of aromatic nitrogens is 2. The Bertz CT molecular complexity index is 724. The summed E-state index contributed by atoms with van der Waals surface area (Å²) in [6.45, 7) is 5.98. The number of nitrogens with one attached hydrogen (secondary N) is 1. The van der Waals surface area contributed by atoms with Crippen molar-refractivity contribution in [1.29, 1.82) is 0 Å². The number of carbonyl (C=O) groups excluding carboxylic acids is 1. The monoisotopic (exact) mass is 356 g/mol. The number of para-hydroxylation sites is 2. The van der Waals surface area contributed by atoms with Gasteiger partial charge in [0.15, 0.2) is 5.16 Å². The third-order valence-corrected chi connectivity index (χ3v) is 5.02. The Morgan fingerprint density at radius 3 is 2.52 bits per heavy atom. The summed E-state index contributed by atoms with van der Waals surface area (Å²) in [5.74, 6) is 0.272. The van der Waals surface area contributed by atoms with Gasteiger partial charge in [-0.05, 0) is 51.3 Å². The van der Waals surface area contributed by atoms with Gasteiger partial charge in [0.1, 0.15) is 0 Å². The quantitative estimate of drug-likeness (QED) is 0.652. The second kappa shape index (κ2) is 8.34. The number of carbonyl (C=O) groups is 1. The van der Waals surface area contributed by atoms with Gasteiger partial charge in [0.05, 0.1) is 17.1 Å². The number of anilines is 2. The van der Waals surface area contributed by atoms with Gasteiger partial charge in [-0.2, -0.15) is 0 Å². The molecule has 6 heteroatoms. The molecule has 25 heavy (non-hydrogen) atoms. The highest BCUT2D eigenvalue weighted by Gasteiger charge is 2.15. The molecule has 2 aromatic rings. The molecular weight excluding hydrogens is 332 g/mol. The van der Waals surface area contributed by atoms with Gasteiger partial charge < -0.3 is 10.2 Å². The molecule has 0 bridgehead atoms. The summed E-state index contributed by atoms with van der Waals surface area (Å²) in [7, 11) is 0. The van der Waals surface area contributed by atoms with Crippen LogP contribution in [-0.4, -0.2) is 34.7 Å². The fourth-order valence-corrected chi connectivity index (χ4v) is 3.81. The van der Waals surface area contributed by atoms with Crippen molar-refractivity contribution in [1.82, 2.24) is 9.97 Å². The molecule has 2 heterocycles. The summed E-state index contributed by atoms with van der Waals surface area (Å²) in [5.41, 5.74) is 3.84. The fourth-order valence-electron chi connectivity index (χ4n) is 3.06. The zero-order chi connectivity index (χ0) is 17.6. The number of benzene rings is 1. The van der Waals surface area contributed by atoms with Crippen LogP contribution in [0.4, 0.5) is 11.4 Å². The Morgan fingerprint density at radius 1 is 1.12 bits per heavy atom. The highest BCUT2D eigenvalue weighted by Crippen LogP contribution is 2.28. The van der Waals surface area contributed by atoms with Gasteiger partial charge in [0, 0.05) is 24.5 Å². The summed E-state index contributed by atoms with van der Waals surface area (Å²) in [6.07, 6.45) is 3.71. The van der Waals surface area contributed by atoms with Crippen molar-refractivity contribution >= 4 is 29.0 Å². The first kappa shape index (κ1) is 17.7. The van der Waals surface area contributed by atoms with Crippen LogP contribution in [0, 0.1) is 13.8 Å². The van der Waals surface area contributed by atoms with Crippen molar-refractivity contribution in [3.8, 4) is 0 Å². The smallest absolute Gasteiger partial charge is 0.234 e. The van der Waals surface area contributed by atoms with E-state index in [-0.39, 0.29) is 5.91 Å². The van der Waals surface area contributed by atoms with Gasteiger partial charge in [-0.15, -0.1) is 0 Å². The molecule has 1 aromatic carbocycles. The Labute approximate surface area is 153 Å². The average Bonchev–Trinajstić information content (AvgIpc) is 2.60. The van der Waals surface area contributed by atoms with E-state index in [1.54, 1.807) is 0 Å². The van der Waals surface area contributed by atoms with E-state index in [4.69, 9.17) is 0 Å². The molecule has 1 aliphatic rings. The molecule has 1 N–H and O–H groups in total. The second-order valence-corrected chi connectivity index (χ2v) is 7.28. The number of hydrogen-bond acceptors (Lipinski definition) is 5. The summed E-state index contributed by atoms with van der Waals surface area (Å²) < 4.78 is 0. The van der Waals surface area contributed by atoms with Crippen LogP contribution in [0.3, 0.4) is 0 Å². The van der Waals surface area contributed by atoms with E-state index in [0.29, 0.717) is 10.9 Å². The van der Waals surface area contributed by atoms with E-state index in [1.165, 1.54) is 31.0 Å². The lowest BCUT2D eigenvalue weighted by atomic mass is 10.1. The van der Waals surface area contributed by atoms with Gasteiger partial charge in [-0.3, -0.25) is 4.79 Å². The number of aryl methyl sites for hydroxylation is 2. The molecule has 1 aliphatic heterocycles. The maximum atomic E-state index is 12.4. The summed E-state index contributed by atoms with van der Waals surface area (Å²) in [6, 6.07) is 9.97. The molecule has 0 saturated carbocycles. The van der Waals surface area contributed by atoms with Crippen LogP contribution >= 0.6 is 11.8 Å². The van der Waals surface area contributed by atoms with E-state index in [9.17, 15) is 4.79 Å². The molecule has 1 amide bonds. The molecule has 3 rings (SSSR count). The van der Waals surface area contributed by atoms with Crippen LogP contribution in [0.1, 0.15) is 30.7 Å². The van der Waals surface area contributed by atoms with Crippen molar-refractivity contribution < 1.29 is 4.79 Å². The van der Waals surface area contributed by atoms with Crippen LogP contribution in [-0.2, 0) is 4.79 Å². The molecule has 0 atom stereocenters. The van der Waals surface area contributed by atoms with E-state index in [1.807, 2.05) is 38.1 Å². The van der Waals surface area contributed by atoms with Crippen LogP contribution in [0.15, 0.2) is 35.5 Å². The molecule has 0 aliphatic carbocycles. The lowest BCUT2D eigenvalue weighted by molar-refractivity contribution is -0.113. The normalized spacial score (nSPS) is 14.4. The number of thioether (sulfide) groups is 1. The van der Waals surface area contributed by atoms with E-state index >= 15 is 0 Å². The van der Waals surface area contributed by atoms with Crippen LogP contribution in [0.25, 0.3) is 0 Å². The maximum Gasteiger partial charge on any atom is 0.234 e. The number of amides is 1. The minimum atomic E-state index is -0.0304. The van der Waals surface area contributed by atoms with Gasteiger partial charge in [0.2, 0.25) is 5.91 Å². The number of rotatable bonds is 5. The minimum Gasteiger partial charge on any atom is -0.370 e. The van der Waals surface area contributed by atoms with Crippen LogP contribution in [0.2, 0.25) is 0 Å². The van der Waals surface area contributed by atoms with E-state index in [2.05, 4.69) is 26.3 Å². The Hall–Kier alpha value is -2.08. The first-order chi connectivity index (χ1) is 12.1. The average molecular weight is 356 g/mol. The minimum absolute atomic E-state index is 0.0304.